The summed E-state index contributed by atoms with van der Waals surface area (Å²) in [4.78, 5) is 0. The predicted octanol–water partition coefficient (Wildman–Crippen LogP) is 3.34. The number of methoxy groups -OCH3 is 1. The molecule has 0 aliphatic carbocycles. The van der Waals surface area contributed by atoms with E-state index >= 15 is 0 Å². The summed E-state index contributed by atoms with van der Waals surface area (Å²) in [6.45, 7) is 3.17. The Hall–Kier alpha value is -1.31. The zero-order valence-electron chi connectivity index (χ0n) is 12.5. The van der Waals surface area contributed by atoms with Crippen molar-refractivity contribution in [1.82, 2.24) is 0 Å². The van der Waals surface area contributed by atoms with Gasteiger partial charge in [0.1, 0.15) is 5.75 Å². The van der Waals surface area contributed by atoms with Crippen LogP contribution in [0.1, 0.15) is 24.5 Å². The third kappa shape index (κ3) is 3.91. The molecule has 0 amide bonds. The van der Waals surface area contributed by atoms with Crippen LogP contribution in [-0.4, -0.2) is 33.5 Å². The van der Waals surface area contributed by atoms with Gasteiger partial charge in [0, 0.05) is 20.1 Å². The summed E-state index contributed by atoms with van der Waals surface area (Å²) in [5, 5.41) is 0. The lowest BCUT2D eigenvalue weighted by molar-refractivity contribution is -0.151. The molecule has 0 bridgehead atoms. The van der Waals surface area contributed by atoms with Gasteiger partial charge in [-0.05, 0) is 25.1 Å². The van der Waals surface area contributed by atoms with Crippen LogP contribution in [0.5, 0.6) is 5.75 Å². The van der Waals surface area contributed by atoms with Gasteiger partial charge < -0.3 is 18.9 Å². The average Bonchev–Trinajstić information content (AvgIpc) is 2.90. The zero-order chi connectivity index (χ0) is 16.2. The topological polar surface area (TPSA) is 36.9 Å². The van der Waals surface area contributed by atoms with E-state index in [1.54, 1.807) is 14.0 Å². The smallest absolute Gasteiger partial charge is 0.416 e. The van der Waals surface area contributed by atoms with E-state index in [1.807, 2.05) is 0 Å². The Morgan fingerprint density at radius 3 is 2.45 bits per heavy atom. The van der Waals surface area contributed by atoms with Crippen LogP contribution in [0.2, 0.25) is 0 Å². The van der Waals surface area contributed by atoms with Crippen molar-refractivity contribution in [1.29, 1.82) is 0 Å². The van der Waals surface area contributed by atoms with E-state index in [9.17, 15) is 13.2 Å². The van der Waals surface area contributed by atoms with E-state index in [0.717, 1.165) is 12.1 Å². The van der Waals surface area contributed by atoms with Crippen molar-refractivity contribution in [2.75, 3.05) is 33.5 Å². The highest BCUT2D eigenvalue weighted by Crippen LogP contribution is 2.40. The summed E-state index contributed by atoms with van der Waals surface area (Å²) >= 11 is 0. The van der Waals surface area contributed by atoms with E-state index in [1.165, 1.54) is 6.07 Å². The van der Waals surface area contributed by atoms with Gasteiger partial charge in [-0.2, -0.15) is 13.2 Å². The molecular formula is C15H19F3O4. The Kier molecular flexibility index (Phi) is 5.31. The van der Waals surface area contributed by atoms with E-state index in [0.29, 0.717) is 31.8 Å². The first-order valence-electron chi connectivity index (χ1n) is 6.98. The average molecular weight is 320 g/mol. The van der Waals surface area contributed by atoms with Gasteiger partial charge in [0.05, 0.1) is 30.9 Å². The van der Waals surface area contributed by atoms with Crippen LogP contribution >= 0.6 is 0 Å². The highest BCUT2D eigenvalue weighted by molar-refractivity contribution is 5.41. The first kappa shape index (κ1) is 17.1. The van der Waals surface area contributed by atoms with Crippen molar-refractivity contribution in [3.05, 3.63) is 29.3 Å². The molecule has 7 heteroatoms. The molecule has 0 N–H and O–H groups in total. The van der Waals surface area contributed by atoms with Crippen molar-refractivity contribution in [3.63, 3.8) is 0 Å². The Morgan fingerprint density at radius 1 is 1.18 bits per heavy atom. The Bertz CT molecular complexity index is 496. The third-order valence-electron chi connectivity index (χ3n) is 3.39. The van der Waals surface area contributed by atoms with Crippen LogP contribution < -0.4 is 4.74 Å². The van der Waals surface area contributed by atoms with Crippen molar-refractivity contribution in [2.24, 2.45) is 0 Å². The van der Waals surface area contributed by atoms with E-state index < -0.39 is 17.5 Å². The van der Waals surface area contributed by atoms with Gasteiger partial charge in [0.15, 0.2) is 5.79 Å². The van der Waals surface area contributed by atoms with Crippen LogP contribution in [0.4, 0.5) is 13.2 Å². The standard InChI is InChI=1S/C15H19F3O4/c1-14(21-8-9-22-14)12-5-4-11(15(16,17)18)10-13(12)20-7-3-6-19-2/h4-5,10H,3,6-9H2,1-2H3. The molecule has 124 valence electrons. The molecule has 0 unspecified atom stereocenters. The molecule has 0 aromatic heterocycles. The number of hydrogen-bond donors (Lipinski definition) is 0. The van der Waals surface area contributed by atoms with Gasteiger partial charge in [0.25, 0.3) is 0 Å². The zero-order valence-corrected chi connectivity index (χ0v) is 12.5. The van der Waals surface area contributed by atoms with Crippen LogP contribution in [0.15, 0.2) is 18.2 Å². The predicted molar refractivity (Wildman–Crippen MR) is 72.7 cm³/mol. The number of benzene rings is 1. The molecule has 4 nitrogen and oxygen atoms in total. The number of ether oxygens (including phenoxy) is 4. The molecule has 1 aliphatic heterocycles. The quantitative estimate of drug-likeness (QED) is 0.753. The summed E-state index contributed by atoms with van der Waals surface area (Å²) in [6, 6.07) is 3.34. The van der Waals surface area contributed by atoms with E-state index in [4.69, 9.17) is 18.9 Å². The highest BCUT2D eigenvalue weighted by atomic mass is 19.4. The SMILES string of the molecule is COCCCOc1cc(C(F)(F)F)ccc1C1(C)OCCO1. The fraction of sp³-hybridized carbons (Fsp3) is 0.600. The van der Waals surface area contributed by atoms with Gasteiger partial charge >= 0.3 is 6.18 Å². The summed E-state index contributed by atoms with van der Waals surface area (Å²) in [5.74, 6) is -0.962. The Morgan fingerprint density at radius 2 is 1.86 bits per heavy atom. The van der Waals surface area contributed by atoms with E-state index in [-0.39, 0.29) is 12.4 Å². The number of hydrogen-bond acceptors (Lipinski definition) is 4. The van der Waals surface area contributed by atoms with E-state index in [2.05, 4.69) is 0 Å². The fourth-order valence-corrected chi connectivity index (χ4v) is 2.25. The van der Waals surface area contributed by atoms with Crippen molar-refractivity contribution in [2.45, 2.75) is 25.3 Å². The maximum absolute atomic E-state index is 12.9. The second kappa shape index (κ2) is 6.85. The monoisotopic (exact) mass is 320 g/mol. The number of alkyl halides is 3. The molecule has 22 heavy (non-hydrogen) atoms. The normalized spacial score (nSPS) is 17.7. The second-order valence-corrected chi connectivity index (χ2v) is 5.05. The molecule has 1 aromatic carbocycles. The molecule has 2 rings (SSSR count). The minimum atomic E-state index is -4.43. The van der Waals surface area contributed by atoms with Crippen molar-refractivity contribution < 1.29 is 32.1 Å². The molecule has 0 saturated carbocycles. The fourth-order valence-electron chi connectivity index (χ4n) is 2.25. The number of halogens is 3. The molecule has 0 radical (unpaired) electrons. The molecule has 1 fully saturated rings. The van der Waals surface area contributed by atoms with Crippen LogP contribution in [-0.2, 0) is 26.2 Å². The minimum Gasteiger partial charge on any atom is -0.493 e. The van der Waals surface area contributed by atoms with Gasteiger partial charge in [0.2, 0.25) is 0 Å². The Labute approximate surface area is 127 Å². The van der Waals surface area contributed by atoms with Gasteiger partial charge in [-0.15, -0.1) is 0 Å². The lowest BCUT2D eigenvalue weighted by Gasteiger charge is -2.26. The number of rotatable bonds is 6. The molecule has 1 aromatic rings. The maximum Gasteiger partial charge on any atom is 0.416 e. The van der Waals surface area contributed by atoms with Crippen molar-refractivity contribution in [3.8, 4) is 5.75 Å². The highest BCUT2D eigenvalue weighted by Gasteiger charge is 2.38. The largest absolute Gasteiger partial charge is 0.493 e. The van der Waals surface area contributed by atoms with Crippen LogP contribution in [0.25, 0.3) is 0 Å². The lowest BCUT2D eigenvalue weighted by Crippen LogP contribution is -2.24. The minimum absolute atomic E-state index is 0.121. The van der Waals surface area contributed by atoms with Crippen LogP contribution in [0.3, 0.4) is 0 Å². The summed E-state index contributed by atoms with van der Waals surface area (Å²) in [5.41, 5.74) is -0.310. The first-order valence-corrected chi connectivity index (χ1v) is 6.98. The molecule has 1 heterocycles. The maximum atomic E-state index is 12.9. The summed E-state index contributed by atoms with van der Waals surface area (Å²) in [6.07, 6.45) is -3.86. The lowest BCUT2D eigenvalue weighted by atomic mass is 10.0. The second-order valence-electron chi connectivity index (χ2n) is 5.05. The van der Waals surface area contributed by atoms with Gasteiger partial charge in [-0.1, -0.05) is 0 Å². The van der Waals surface area contributed by atoms with Crippen molar-refractivity contribution >= 4 is 0 Å². The molecular weight excluding hydrogens is 301 g/mol. The summed E-state index contributed by atoms with van der Waals surface area (Å²) in [7, 11) is 1.55. The van der Waals surface area contributed by atoms with Crippen LogP contribution in [0, 0.1) is 0 Å². The van der Waals surface area contributed by atoms with Gasteiger partial charge in [-0.3, -0.25) is 0 Å². The molecule has 0 atom stereocenters. The molecule has 1 saturated heterocycles. The molecule has 1 aliphatic rings. The van der Waals surface area contributed by atoms with Gasteiger partial charge in [-0.25, -0.2) is 0 Å². The Balaban J connectivity index is 2.27. The third-order valence-corrected chi connectivity index (χ3v) is 3.39. The first-order chi connectivity index (χ1) is 10.4. The molecule has 0 spiro atoms. The summed E-state index contributed by atoms with van der Waals surface area (Å²) < 4.78 is 60.1.